The van der Waals surface area contributed by atoms with Gasteiger partial charge in [-0.3, -0.25) is 0 Å². The average Bonchev–Trinajstić information content (AvgIpc) is 2.53. The zero-order valence-corrected chi connectivity index (χ0v) is 20.0. The van der Waals surface area contributed by atoms with Crippen LogP contribution in [0.3, 0.4) is 0 Å². The van der Waals surface area contributed by atoms with Crippen molar-refractivity contribution in [2.45, 2.75) is 65.6 Å². The van der Waals surface area contributed by atoms with Crippen LogP contribution in [-0.2, 0) is 9.47 Å². The molecule has 164 valence electrons. The van der Waals surface area contributed by atoms with Crippen molar-refractivity contribution in [3.05, 3.63) is 0 Å². The summed E-state index contributed by atoms with van der Waals surface area (Å²) in [6.07, 6.45) is 1.40. The van der Waals surface area contributed by atoms with E-state index in [2.05, 4.69) is 0 Å². The van der Waals surface area contributed by atoms with E-state index in [0.29, 0.717) is 26.2 Å². The van der Waals surface area contributed by atoms with Gasteiger partial charge in [0.15, 0.2) is 0 Å². The number of carbonyl (C=O) groups excluding carboxylic acids is 2. The largest absolute Gasteiger partial charge is 0.444 e. The van der Waals surface area contributed by atoms with Crippen LogP contribution in [0, 0.1) is 0 Å². The first kappa shape index (κ1) is 25.3. The molecule has 0 bridgehead atoms. The minimum atomic E-state index is -0.471. The first-order chi connectivity index (χ1) is 13.0. The predicted octanol–water partition coefficient (Wildman–Crippen LogP) is 4.72. The van der Waals surface area contributed by atoms with Crippen LogP contribution < -0.4 is 0 Å². The molecule has 1 saturated heterocycles. The van der Waals surface area contributed by atoms with Crippen molar-refractivity contribution < 1.29 is 19.1 Å². The van der Waals surface area contributed by atoms with Gasteiger partial charge in [0, 0.05) is 37.7 Å². The zero-order chi connectivity index (χ0) is 21.2. The maximum atomic E-state index is 12.4. The Hall–Kier alpha value is -0.760. The monoisotopic (exact) mass is 434 g/mol. The second kappa shape index (κ2) is 12.1. The van der Waals surface area contributed by atoms with E-state index < -0.39 is 11.2 Å². The predicted molar refractivity (Wildman–Crippen MR) is 119 cm³/mol. The van der Waals surface area contributed by atoms with Crippen molar-refractivity contribution >= 4 is 35.7 Å². The molecule has 0 atom stereocenters. The highest BCUT2D eigenvalue weighted by Gasteiger charge is 2.23. The van der Waals surface area contributed by atoms with Gasteiger partial charge in [0.05, 0.1) is 0 Å². The van der Waals surface area contributed by atoms with Crippen LogP contribution in [0.1, 0.15) is 54.4 Å². The Morgan fingerprint density at radius 1 is 0.643 bits per heavy atom. The SMILES string of the molecule is CC(C)(C)OC(=O)N1CCCSCCN(C(=O)OC(C)(C)C)CCSCCC1. The van der Waals surface area contributed by atoms with Crippen LogP contribution >= 0.6 is 23.5 Å². The van der Waals surface area contributed by atoms with Gasteiger partial charge in [0.25, 0.3) is 0 Å². The quantitative estimate of drug-likeness (QED) is 0.550. The first-order valence-corrected chi connectivity index (χ1v) is 12.4. The summed E-state index contributed by atoms with van der Waals surface area (Å²) < 4.78 is 11.1. The van der Waals surface area contributed by atoms with Gasteiger partial charge in [-0.1, -0.05) is 0 Å². The first-order valence-electron chi connectivity index (χ1n) is 10.1. The van der Waals surface area contributed by atoms with Crippen LogP contribution in [0.4, 0.5) is 9.59 Å². The lowest BCUT2D eigenvalue weighted by Crippen LogP contribution is -2.40. The standard InChI is InChI=1S/C20H38N2O4S2/c1-19(2,3)25-17(23)21-9-7-13-27-15-11-22(12-16-28-14-8-10-21)18(24)26-20(4,5)6/h7-16H2,1-6H3. The highest BCUT2D eigenvalue weighted by Crippen LogP contribution is 2.15. The molecule has 1 heterocycles. The minimum Gasteiger partial charge on any atom is -0.444 e. The third-order valence-corrected chi connectivity index (χ3v) is 5.85. The molecule has 1 rings (SSSR count). The number of amides is 2. The summed E-state index contributed by atoms with van der Waals surface area (Å²) in [5, 5.41) is 0. The lowest BCUT2D eigenvalue weighted by Gasteiger charge is -2.28. The summed E-state index contributed by atoms with van der Waals surface area (Å²) in [5.41, 5.74) is -0.938. The van der Waals surface area contributed by atoms with Gasteiger partial charge in [0.1, 0.15) is 11.2 Å². The van der Waals surface area contributed by atoms with Crippen molar-refractivity contribution in [1.82, 2.24) is 9.80 Å². The lowest BCUT2D eigenvalue weighted by molar-refractivity contribution is 0.0245. The van der Waals surface area contributed by atoms with Crippen molar-refractivity contribution in [1.29, 1.82) is 0 Å². The zero-order valence-electron chi connectivity index (χ0n) is 18.4. The second-order valence-corrected chi connectivity index (χ2v) is 11.3. The van der Waals surface area contributed by atoms with Gasteiger partial charge in [-0.2, -0.15) is 23.5 Å². The van der Waals surface area contributed by atoms with E-state index in [9.17, 15) is 9.59 Å². The summed E-state index contributed by atoms with van der Waals surface area (Å²) in [7, 11) is 0. The number of carbonyl (C=O) groups is 2. The summed E-state index contributed by atoms with van der Waals surface area (Å²) in [6, 6.07) is 0. The van der Waals surface area contributed by atoms with Crippen molar-refractivity contribution in [2.75, 3.05) is 49.2 Å². The molecule has 1 fully saturated rings. The number of hydrogen-bond acceptors (Lipinski definition) is 6. The van der Waals surface area contributed by atoms with Gasteiger partial charge < -0.3 is 19.3 Å². The molecule has 28 heavy (non-hydrogen) atoms. The molecule has 0 spiro atoms. The highest BCUT2D eigenvalue weighted by molar-refractivity contribution is 7.99. The molecule has 0 unspecified atom stereocenters. The molecule has 0 aromatic heterocycles. The van der Waals surface area contributed by atoms with Gasteiger partial charge in [-0.25, -0.2) is 9.59 Å². The number of nitrogens with zero attached hydrogens (tertiary/aromatic N) is 2. The molecular formula is C20H38N2O4S2. The average molecular weight is 435 g/mol. The van der Waals surface area contributed by atoms with E-state index in [0.717, 1.165) is 35.9 Å². The number of ether oxygens (including phenoxy) is 2. The molecule has 0 saturated carbocycles. The molecule has 6 nitrogen and oxygen atoms in total. The van der Waals surface area contributed by atoms with E-state index in [4.69, 9.17) is 9.47 Å². The Kier molecular flexibility index (Phi) is 10.9. The molecule has 1 aliphatic heterocycles. The Labute approximate surface area is 179 Å². The van der Waals surface area contributed by atoms with Gasteiger partial charge in [-0.05, 0) is 65.9 Å². The van der Waals surface area contributed by atoms with Crippen LogP contribution in [-0.4, -0.2) is 82.4 Å². The van der Waals surface area contributed by atoms with Gasteiger partial charge in [-0.15, -0.1) is 0 Å². The smallest absolute Gasteiger partial charge is 0.410 e. The highest BCUT2D eigenvalue weighted by atomic mass is 32.2. The summed E-state index contributed by atoms with van der Waals surface area (Å²) in [4.78, 5) is 28.5. The topological polar surface area (TPSA) is 59.1 Å². The number of hydrogen-bond donors (Lipinski definition) is 0. The third kappa shape index (κ3) is 11.9. The van der Waals surface area contributed by atoms with Crippen molar-refractivity contribution in [3.8, 4) is 0 Å². The maximum Gasteiger partial charge on any atom is 0.410 e. The van der Waals surface area contributed by atoms with Crippen molar-refractivity contribution in [2.24, 2.45) is 0 Å². The summed E-state index contributed by atoms with van der Waals surface area (Å²) in [5.74, 6) is 3.65. The van der Waals surface area contributed by atoms with Crippen LogP contribution in [0.25, 0.3) is 0 Å². The lowest BCUT2D eigenvalue weighted by atomic mass is 10.2. The normalized spacial score (nSPS) is 18.9. The van der Waals surface area contributed by atoms with E-state index in [1.165, 1.54) is 0 Å². The molecule has 0 N–H and O–H groups in total. The molecule has 0 aromatic rings. The fourth-order valence-electron chi connectivity index (χ4n) is 2.51. The second-order valence-electron chi connectivity index (χ2n) is 8.87. The Morgan fingerprint density at radius 3 is 1.36 bits per heavy atom. The minimum absolute atomic E-state index is 0.217. The van der Waals surface area contributed by atoms with E-state index in [1.807, 2.05) is 74.9 Å². The molecule has 8 heteroatoms. The Morgan fingerprint density at radius 2 is 1.00 bits per heavy atom. The van der Waals surface area contributed by atoms with Gasteiger partial charge in [0.2, 0.25) is 0 Å². The summed E-state index contributed by atoms with van der Waals surface area (Å²) >= 11 is 3.62. The maximum absolute atomic E-state index is 12.4. The van der Waals surface area contributed by atoms with E-state index in [-0.39, 0.29) is 12.2 Å². The molecule has 0 aromatic carbocycles. The molecule has 2 amide bonds. The van der Waals surface area contributed by atoms with E-state index in [1.54, 1.807) is 0 Å². The summed E-state index contributed by atoms with van der Waals surface area (Å²) in [6.45, 7) is 14.2. The third-order valence-electron chi connectivity index (χ3n) is 3.75. The fraction of sp³-hybridized carbons (Fsp3) is 0.900. The number of thioether (sulfide) groups is 2. The van der Waals surface area contributed by atoms with Crippen molar-refractivity contribution in [3.63, 3.8) is 0 Å². The number of rotatable bonds is 0. The molecular weight excluding hydrogens is 396 g/mol. The fourth-order valence-corrected chi connectivity index (χ4v) is 4.28. The Bertz CT molecular complexity index is 430. The van der Waals surface area contributed by atoms with Crippen LogP contribution in [0.15, 0.2) is 0 Å². The Balaban J connectivity index is 2.55. The van der Waals surface area contributed by atoms with E-state index >= 15 is 0 Å². The molecule has 1 aliphatic rings. The van der Waals surface area contributed by atoms with Crippen LogP contribution in [0.2, 0.25) is 0 Å². The van der Waals surface area contributed by atoms with Crippen LogP contribution in [0.5, 0.6) is 0 Å². The molecule has 0 aliphatic carbocycles. The van der Waals surface area contributed by atoms with Gasteiger partial charge >= 0.3 is 12.2 Å². The molecule has 0 radical (unpaired) electrons.